The Morgan fingerprint density at radius 1 is 1.15 bits per heavy atom. The second-order valence-electron chi connectivity index (χ2n) is 4.14. The van der Waals surface area contributed by atoms with Crippen LogP contribution in [0.25, 0.3) is 0 Å². The van der Waals surface area contributed by atoms with Crippen LogP contribution in [-0.4, -0.2) is 17.7 Å². The van der Waals surface area contributed by atoms with Gasteiger partial charge in [0.05, 0.1) is 20.5 Å². The SMILES string of the molecule is O=C(Nc1ccc2c(c1)C(=O)NC2=O)c1csc(Br)c1. The van der Waals surface area contributed by atoms with Gasteiger partial charge in [-0.25, -0.2) is 0 Å². The molecule has 20 heavy (non-hydrogen) atoms. The summed E-state index contributed by atoms with van der Waals surface area (Å²) < 4.78 is 0.863. The molecule has 3 amide bonds. The molecule has 0 bridgehead atoms. The van der Waals surface area contributed by atoms with E-state index in [-0.39, 0.29) is 11.5 Å². The van der Waals surface area contributed by atoms with Crippen LogP contribution in [0.5, 0.6) is 0 Å². The lowest BCUT2D eigenvalue weighted by atomic mass is 10.1. The Hall–Kier alpha value is -1.99. The molecule has 0 fully saturated rings. The number of nitrogens with one attached hydrogen (secondary N) is 2. The third-order valence-corrected chi connectivity index (χ3v) is 4.33. The number of imide groups is 1. The predicted molar refractivity (Wildman–Crippen MR) is 78.2 cm³/mol. The highest BCUT2D eigenvalue weighted by Crippen LogP contribution is 2.23. The molecular weight excluding hydrogens is 344 g/mol. The minimum atomic E-state index is -0.445. The van der Waals surface area contributed by atoms with E-state index in [9.17, 15) is 14.4 Å². The van der Waals surface area contributed by atoms with E-state index >= 15 is 0 Å². The third-order valence-electron chi connectivity index (χ3n) is 2.82. The number of hydrogen-bond donors (Lipinski definition) is 2. The Bertz CT molecular complexity index is 754. The lowest BCUT2D eigenvalue weighted by molar-refractivity contribution is 0.0878. The van der Waals surface area contributed by atoms with Gasteiger partial charge in [-0.15, -0.1) is 11.3 Å². The molecule has 0 unspecified atom stereocenters. The molecule has 100 valence electrons. The topological polar surface area (TPSA) is 75.3 Å². The van der Waals surface area contributed by atoms with Crippen molar-refractivity contribution in [3.8, 4) is 0 Å². The molecule has 0 aliphatic carbocycles. The third kappa shape index (κ3) is 2.25. The zero-order chi connectivity index (χ0) is 14.3. The van der Waals surface area contributed by atoms with Gasteiger partial charge in [0, 0.05) is 11.1 Å². The number of anilines is 1. The smallest absolute Gasteiger partial charge is 0.259 e. The molecular formula is C13H7BrN2O3S. The Labute approximate surface area is 126 Å². The first kappa shape index (κ1) is 13.0. The average Bonchev–Trinajstić information content (AvgIpc) is 2.95. The number of halogens is 1. The van der Waals surface area contributed by atoms with E-state index in [1.165, 1.54) is 23.5 Å². The Balaban J connectivity index is 1.86. The summed E-state index contributed by atoms with van der Waals surface area (Å²) in [6.07, 6.45) is 0. The summed E-state index contributed by atoms with van der Waals surface area (Å²) >= 11 is 4.70. The van der Waals surface area contributed by atoms with Gasteiger partial charge in [0.2, 0.25) is 0 Å². The van der Waals surface area contributed by atoms with E-state index in [0.29, 0.717) is 16.8 Å². The molecule has 0 saturated heterocycles. The second kappa shape index (κ2) is 4.84. The van der Waals surface area contributed by atoms with Crippen molar-refractivity contribution < 1.29 is 14.4 Å². The molecule has 1 aliphatic rings. The van der Waals surface area contributed by atoms with Crippen molar-refractivity contribution in [2.75, 3.05) is 5.32 Å². The monoisotopic (exact) mass is 350 g/mol. The number of carbonyl (C=O) groups is 3. The number of hydrogen-bond acceptors (Lipinski definition) is 4. The van der Waals surface area contributed by atoms with Crippen LogP contribution in [0.2, 0.25) is 0 Å². The first-order valence-corrected chi connectivity index (χ1v) is 7.27. The molecule has 7 heteroatoms. The van der Waals surface area contributed by atoms with Crippen LogP contribution in [0.3, 0.4) is 0 Å². The van der Waals surface area contributed by atoms with Crippen molar-refractivity contribution in [3.63, 3.8) is 0 Å². The molecule has 3 rings (SSSR count). The van der Waals surface area contributed by atoms with Crippen molar-refractivity contribution in [2.45, 2.75) is 0 Å². The van der Waals surface area contributed by atoms with Gasteiger partial charge in [-0.2, -0.15) is 0 Å². The standard InChI is InChI=1S/C13H7BrN2O3S/c14-10-3-6(5-20-10)11(17)15-7-1-2-8-9(4-7)13(19)16-12(8)18/h1-5H,(H,15,17)(H,16,18,19). The highest BCUT2D eigenvalue weighted by molar-refractivity contribution is 9.11. The van der Waals surface area contributed by atoms with Crippen LogP contribution < -0.4 is 10.6 Å². The summed E-state index contributed by atoms with van der Waals surface area (Å²) in [5.41, 5.74) is 1.61. The predicted octanol–water partition coefficient (Wildman–Crippen LogP) is 2.65. The first-order valence-electron chi connectivity index (χ1n) is 5.60. The molecule has 0 spiro atoms. The van der Waals surface area contributed by atoms with Crippen molar-refractivity contribution in [1.82, 2.24) is 5.32 Å². The molecule has 0 atom stereocenters. The van der Waals surface area contributed by atoms with Crippen LogP contribution in [-0.2, 0) is 0 Å². The largest absolute Gasteiger partial charge is 0.322 e. The molecule has 1 aromatic heterocycles. The van der Waals surface area contributed by atoms with Crippen molar-refractivity contribution in [2.24, 2.45) is 0 Å². The van der Waals surface area contributed by atoms with Gasteiger partial charge in [0.1, 0.15) is 0 Å². The van der Waals surface area contributed by atoms with E-state index in [1.54, 1.807) is 17.5 Å². The van der Waals surface area contributed by atoms with Crippen molar-refractivity contribution in [3.05, 3.63) is 50.1 Å². The fourth-order valence-corrected chi connectivity index (χ4v) is 3.01. The maximum atomic E-state index is 12.0. The van der Waals surface area contributed by atoms with Crippen LogP contribution in [0.1, 0.15) is 31.1 Å². The lowest BCUT2D eigenvalue weighted by Crippen LogP contribution is -2.19. The quantitative estimate of drug-likeness (QED) is 0.817. The number of rotatable bonds is 2. The van der Waals surface area contributed by atoms with Gasteiger partial charge >= 0.3 is 0 Å². The van der Waals surface area contributed by atoms with Gasteiger partial charge in [-0.05, 0) is 40.2 Å². The van der Waals surface area contributed by atoms with Gasteiger partial charge in [-0.1, -0.05) is 0 Å². The number of carbonyl (C=O) groups excluding carboxylic acids is 3. The lowest BCUT2D eigenvalue weighted by Gasteiger charge is -2.04. The van der Waals surface area contributed by atoms with Crippen LogP contribution >= 0.6 is 27.3 Å². The molecule has 0 radical (unpaired) electrons. The molecule has 0 saturated carbocycles. The van der Waals surface area contributed by atoms with E-state index < -0.39 is 11.8 Å². The summed E-state index contributed by atoms with van der Waals surface area (Å²) in [5, 5.41) is 6.62. The van der Waals surface area contributed by atoms with Gasteiger partial charge in [-0.3, -0.25) is 19.7 Å². The summed E-state index contributed by atoms with van der Waals surface area (Å²) in [6.45, 7) is 0. The molecule has 5 nitrogen and oxygen atoms in total. The van der Waals surface area contributed by atoms with Gasteiger partial charge < -0.3 is 5.32 Å². The minimum Gasteiger partial charge on any atom is -0.322 e. The number of fused-ring (bicyclic) bond motifs is 1. The van der Waals surface area contributed by atoms with E-state index in [4.69, 9.17) is 0 Å². The fraction of sp³-hybridized carbons (Fsp3) is 0. The summed E-state index contributed by atoms with van der Waals surface area (Å²) in [4.78, 5) is 34.9. The number of thiophene rings is 1. The maximum absolute atomic E-state index is 12.0. The molecule has 1 aromatic carbocycles. The van der Waals surface area contributed by atoms with E-state index in [2.05, 4.69) is 26.6 Å². The van der Waals surface area contributed by atoms with Crippen LogP contribution in [0.4, 0.5) is 5.69 Å². The summed E-state index contributed by atoms with van der Waals surface area (Å²) in [6, 6.07) is 6.32. The Kier molecular flexibility index (Phi) is 3.15. The molecule has 2 heterocycles. The second-order valence-corrected chi connectivity index (χ2v) is 6.43. The van der Waals surface area contributed by atoms with Gasteiger partial charge in [0.15, 0.2) is 0 Å². The maximum Gasteiger partial charge on any atom is 0.259 e. The number of benzene rings is 1. The Morgan fingerprint density at radius 3 is 2.60 bits per heavy atom. The highest BCUT2D eigenvalue weighted by atomic mass is 79.9. The molecule has 2 N–H and O–H groups in total. The summed E-state index contributed by atoms with van der Waals surface area (Å²) in [5.74, 6) is -1.12. The molecule has 2 aromatic rings. The normalized spacial score (nSPS) is 13.1. The Morgan fingerprint density at radius 2 is 1.90 bits per heavy atom. The van der Waals surface area contributed by atoms with Crippen LogP contribution in [0.15, 0.2) is 33.4 Å². The summed E-state index contributed by atoms with van der Waals surface area (Å²) in [7, 11) is 0. The van der Waals surface area contributed by atoms with E-state index in [1.807, 2.05) is 0 Å². The van der Waals surface area contributed by atoms with Gasteiger partial charge in [0.25, 0.3) is 17.7 Å². The zero-order valence-electron chi connectivity index (χ0n) is 9.90. The number of amides is 3. The molecule has 1 aliphatic heterocycles. The average molecular weight is 351 g/mol. The van der Waals surface area contributed by atoms with E-state index in [0.717, 1.165) is 3.79 Å². The van der Waals surface area contributed by atoms with Crippen molar-refractivity contribution >= 4 is 50.7 Å². The highest BCUT2D eigenvalue weighted by Gasteiger charge is 2.26. The van der Waals surface area contributed by atoms with Crippen molar-refractivity contribution in [1.29, 1.82) is 0 Å². The van der Waals surface area contributed by atoms with Crippen LogP contribution in [0, 0.1) is 0 Å². The first-order chi connectivity index (χ1) is 9.54. The zero-order valence-corrected chi connectivity index (χ0v) is 12.3. The fourth-order valence-electron chi connectivity index (χ4n) is 1.88. The minimum absolute atomic E-state index is 0.267.